The van der Waals surface area contributed by atoms with Crippen LogP contribution in [0.5, 0.6) is 0 Å². The SMILES string of the molecule is C#Cc1ccc(NC(=O)C(=O)OC(C)(C)C)c(C(=O)OC)c1. The summed E-state index contributed by atoms with van der Waals surface area (Å²) in [6.07, 6.45) is 5.27. The van der Waals surface area contributed by atoms with Crippen molar-refractivity contribution < 1.29 is 23.9 Å². The predicted molar refractivity (Wildman–Crippen MR) is 80.2 cm³/mol. The molecule has 1 aromatic carbocycles. The van der Waals surface area contributed by atoms with Gasteiger partial charge in [0.25, 0.3) is 0 Å². The Balaban J connectivity index is 3.03. The topological polar surface area (TPSA) is 81.7 Å². The molecule has 0 aliphatic carbocycles. The van der Waals surface area contributed by atoms with Crippen LogP contribution in [0.4, 0.5) is 5.69 Å². The number of rotatable bonds is 2. The average Bonchev–Trinajstić information content (AvgIpc) is 2.44. The van der Waals surface area contributed by atoms with Gasteiger partial charge in [-0.05, 0) is 39.0 Å². The van der Waals surface area contributed by atoms with Crippen molar-refractivity contribution in [3.8, 4) is 12.3 Å². The van der Waals surface area contributed by atoms with Gasteiger partial charge in [0.05, 0.1) is 18.4 Å². The average molecular weight is 303 g/mol. The van der Waals surface area contributed by atoms with Gasteiger partial charge < -0.3 is 14.8 Å². The van der Waals surface area contributed by atoms with Gasteiger partial charge in [-0.25, -0.2) is 9.59 Å². The molecule has 0 saturated heterocycles. The third kappa shape index (κ3) is 4.63. The minimum absolute atomic E-state index is 0.0508. The molecule has 6 heteroatoms. The summed E-state index contributed by atoms with van der Waals surface area (Å²) < 4.78 is 9.57. The van der Waals surface area contributed by atoms with Crippen molar-refractivity contribution in [1.82, 2.24) is 0 Å². The lowest BCUT2D eigenvalue weighted by molar-refractivity contribution is -0.161. The molecule has 1 amide bonds. The number of ether oxygens (including phenoxy) is 2. The standard InChI is InChI=1S/C16H17NO5/c1-6-10-7-8-12(11(9-10)14(19)21-5)17-13(18)15(20)22-16(2,3)4/h1,7-9H,2-5H3,(H,17,18). The Labute approximate surface area is 128 Å². The Morgan fingerprint density at radius 2 is 1.86 bits per heavy atom. The highest BCUT2D eigenvalue weighted by Gasteiger charge is 2.24. The summed E-state index contributed by atoms with van der Waals surface area (Å²) in [4.78, 5) is 35.2. The van der Waals surface area contributed by atoms with Crippen LogP contribution in [0.25, 0.3) is 0 Å². The molecule has 1 N–H and O–H groups in total. The highest BCUT2D eigenvalue weighted by atomic mass is 16.6. The molecule has 1 rings (SSSR count). The molecule has 0 spiro atoms. The van der Waals surface area contributed by atoms with Crippen LogP contribution in [0.3, 0.4) is 0 Å². The summed E-state index contributed by atoms with van der Waals surface area (Å²) in [5.74, 6) is -0.359. The first-order chi connectivity index (χ1) is 10.2. The zero-order valence-electron chi connectivity index (χ0n) is 12.9. The first-order valence-electron chi connectivity index (χ1n) is 6.41. The third-order valence-electron chi connectivity index (χ3n) is 2.42. The highest BCUT2D eigenvalue weighted by molar-refractivity contribution is 6.37. The van der Waals surface area contributed by atoms with E-state index in [9.17, 15) is 14.4 Å². The van der Waals surface area contributed by atoms with Crippen LogP contribution in [0.1, 0.15) is 36.7 Å². The smallest absolute Gasteiger partial charge is 0.397 e. The summed E-state index contributed by atoms with van der Waals surface area (Å²) in [5.41, 5.74) is -0.195. The van der Waals surface area contributed by atoms with Crippen LogP contribution in [0.15, 0.2) is 18.2 Å². The van der Waals surface area contributed by atoms with Crippen LogP contribution in [0.2, 0.25) is 0 Å². The fraction of sp³-hybridized carbons (Fsp3) is 0.312. The number of carbonyl (C=O) groups excluding carboxylic acids is 3. The summed E-state index contributed by atoms with van der Waals surface area (Å²) in [5, 5.41) is 2.32. The van der Waals surface area contributed by atoms with Gasteiger partial charge in [-0.1, -0.05) is 5.92 Å². The molecule has 0 bridgehead atoms. The van der Waals surface area contributed by atoms with Gasteiger partial charge in [-0.3, -0.25) is 4.79 Å². The molecule has 6 nitrogen and oxygen atoms in total. The van der Waals surface area contributed by atoms with E-state index in [0.717, 1.165) is 0 Å². The van der Waals surface area contributed by atoms with Gasteiger partial charge >= 0.3 is 17.8 Å². The predicted octanol–water partition coefficient (Wildman–Crippen LogP) is 1.73. The number of hydrogen-bond donors (Lipinski definition) is 1. The molecule has 22 heavy (non-hydrogen) atoms. The van der Waals surface area contributed by atoms with Crippen LogP contribution < -0.4 is 5.32 Å². The Bertz CT molecular complexity index is 649. The Morgan fingerprint density at radius 3 is 2.36 bits per heavy atom. The van der Waals surface area contributed by atoms with E-state index in [4.69, 9.17) is 11.2 Å². The van der Waals surface area contributed by atoms with Gasteiger partial charge in [0, 0.05) is 5.56 Å². The summed E-state index contributed by atoms with van der Waals surface area (Å²) >= 11 is 0. The van der Waals surface area contributed by atoms with E-state index < -0.39 is 23.4 Å². The fourth-order valence-corrected chi connectivity index (χ4v) is 1.52. The Morgan fingerprint density at radius 1 is 1.23 bits per heavy atom. The molecule has 0 aliphatic heterocycles. The molecule has 0 aliphatic rings. The summed E-state index contributed by atoms with van der Waals surface area (Å²) in [6.45, 7) is 4.92. The van der Waals surface area contributed by atoms with Crippen molar-refractivity contribution in [3.63, 3.8) is 0 Å². The van der Waals surface area contributed by atoms with Crippen LogP contribution >= 0.6 is 0 Å². The maximum Gasteiger partial charge on any atom is 0.397 e. The van der Waals surface area contributed by atoms with Crippen molar-refractivity contribution in [2.45, 2.75) is 26.4 Å². The lowest BCUT2D eigenvalue weighted by Crippen LogP contribution is -2.33. The molecule has 1 aromatic rings. The summed E-state index contributed by atoms with van der Waals surface area (Å²) in [7, 11) is 1.20. The van der Waals surface area contributed by atoms with E-state index in [0.29, 0.717) is 5.56 Å². The molecule has 0 atom stereocenters. The Kier molecular flexibility index (Phi) is 5.30. The minimum atomic E-state index is -1.05. The first kappa shape index (κ1) is 17.2. The van der Waals surface area contributed by atoms with Crippen molar-refractivity contribution in [2.75, 3.05) is 12.4 Å². The van der Waals surface area contributed by atoms with E-state index in [1.165, 1.54) is 25.3 Å². The van der Waals surface area contributed by atoms with Gasteiger partial charge in [-0.2, -0.15) is 0 Å². The second-order valence-electron chi connectivity index (χ2n) is 5.35. The lowest BCUT2D eigenvalue weighted by atomic mass is 10.1. The zero-order chi connectivity index (χ0) is 16.9. The number of hydrogen-bond acceptors (Lipinski definition) is 5. The van der Waals surface area contributed by atoms with E-state index >= 15 is 0 Å². The number of methoxy groups -OCH3 is 1. The van der Waals surface area contributed by atoms with E-state index in [1.807, 2.05) is 0 Å². The molecule has 0 aromatic heterocycles. The van der Waals surface area contributed by atoms with Gasteiger partial charge in [0.2, 0.25) is 0 Å². The number of esters is 2. The van der Waals surface area contributed by atoms with Crippen molar-refractivity contribution in [1.29, 1.82) is 0 Å². The highest BCUT2D eigenvalue weighted by Crippen LogP contribution is 2.19. The maximum atomic E-state index is 11.8. The molecular formula is C16H17NO5. The normalized spacial score (nSPS) is 10.3. The van der Waals surface area contributed by atoms with Crippen LogP contribution in [-0.2, 0) is 19.1 Å². The van der Waals surface area contributed by atoms with Crippen molar-refractivity contribution in [2.24, 2.45) is 0 Å². The molecule has 0 unspecified atom stereocenters. The minimum Gasteiger partial charge on any atom is -0.465 e. The third-order valence-corrected chi connectivity index (χ3v) is 2.42. The zero-order valence-corrected chi connectivity index (χ0v) is 12.9. The molecular weight excluding hydrogens is 286 g/mol. The van der Waals surface area contributed by atoms with Gasteiger partial charge in [-0.15, -0.1) is 6.42 Å². The second kappa shape index (κ2) is 6.76. The maximum absolute atomic E-state index is 11.8. The first-order valence-corrected chi connectivity index (χ1v) is 6.41. The van der Waals surface area contributed by atoms with Crippen LogP contribution in [-0.4, -0.2) is 30.6 Å². The molecule has 0 saturated carbocycles. The van der Waals surface area contributed by atoms with Crippen molar-refractivity contribution >= 4 is 23.5 Å². The van der Waals surface area contributed by atoms with Crippen molar-refractivity contribution in [3.05, 3.63) is 29.3 Å². The van der Waals surface area contributed by atoms with Crippen LogP contribution in [0, 0.1) is 12.3 Å². The lowest BCUT2D eigenvalue weighted by Gasteiger charge is -2.19. The number of carbonyl (C=O) groups is 3. The fourth-order valence-electron chi connectivity index (χ4n) is 1.52. The van der Waals surface area contributed by atoms with Gasteiger partial charge in [0.1, 0.15) is 5.60 Å². The number of anilines is 1. The molecule has 116 valence electrons. The largest absolute Gasteiger partial charge is 0.465 e. The number of benzene rings is 1. The van der Waals surface area contributed by atoms with E-state index in [1.54, 1.807) is 20.8 Å². The summed E-state index contributed by atoms with van der Waals surface area (Å²) in [6, 6.07) is 4.33. The quantitative estimate of drug-likeness (QED) is 0.511. The molecule has 0 heterocycles. The Hall–Kier alpha value is -2.81. The van der Waals surface area contributed by atoms with Gasteiger partial charge in [0.15, 0.2) is 0 Å². The molecule has 0 fully saturated rings. The monoisotopic (exact) mass is 303 g/mol. The number of amides is 1. The van der Waals surface area contributed by atoms with E-state index in [-0.39, 0.29) is 11.3 Å². The number of nitrogens with one attached hydrogen (secondary N) is 1. The second-order valence-corrected chi connectivity index (χ2v) is 5.35. The molecule has 0 radical (unpaired) electrons. The van der Waals surface area contributed by atoms with E-state index in [2.05, 4.69) is 16.0 Å². The number of terminal acetylenes is 1.